The van der Waals surface area contributed by atoms with Crippen LogP contribution in [-0.4, -0.2) is 0 Å². The van der Waals surface area contributed by atoms with E-state index in [1.807, 2.05) is 17.5 Å². The summed E-state index contributed by atoms with van der Waals surface area (Å²) in [4.78, 5) is 1.09. The van der Waals surface area contributed by atoms with Crippen molar-refractivity contribution in [2.24, 2.45) is 0 Å². The van der Waals surface area contributed by atoms with Crippen molar-refractivity contribution in [3.05, 3.63) is 50.6 Å². The Bertz CT molecular complexity index is 462. The van der Waals surface area contributed by atoms with Crippen molar-refractivity contribution in [3.63, 3.8) is 0 Å². The number of nitrogens with one attached hydrogen (secondary N) is 1. The molecule has 1 nitrogen and oxygen atoms in total. The predicted molar refractivity (Wildman–Crippen MR) is 65.7 cm³/mol. The monoisotopic (exact) mass is 303 g/mol. The van der Waals surface area contributed by atoms with Crippen LogP contribution in [0.2, 0.25) is 0 Å². The van der Waals surface area contributed by atoms with E-state index in [4.69, 9.17) is 0 Å². The lowest BCUT2D eigenvalue weighted by molar-refractivity contribution is 0.583. The zero-order valence-electron chi connectivity index (χ0n) is 8.14. The van der Waals surface area contributed by atoms with E-state index in [2.05, 4.69) is 21.2 Å². The molecule has 2 aromatic rings. The summed E-state index contributed by atoms with van der Waals surface area (Å²) in [6.07, 6.45) is 0. The molecule has 1 aromatic heterocycles. The van der Waals surface area contributed by atoms with Gasteiger partial charge in [-0.3, -0.25) is 0 Å². The van der Waals surface area contributed by atoms with Gasteiger partial charge >= 0.3 is 0 Å². The number of anilines is 1. The van der Waals surface area contributed by atoms with Gasteiger partial charge in [0, 0.05) is 22.0 Å². The second-order valence-corrected chi connectivity index (χ2v) is 5.06. The molecule has 0 saturated heterocycles. The molecular formula is C11H8BrF2NS. The predicted octanol–water partition coefficient (Wildman–Crippen LogP) is 4.40. The van der Waals surface area contributed by atoms with E-state index in [1.165, 1.54) is 6.07 Å². The fraction of sp³-hybridized carbons (Fsp3) is 0.0909. The van der Waals surface area contributed by atoms with E-state index in [0.717, 1.165) is 10.9 Å². The van der Waals surface area contributed by atoms with Crippen LogP contribution in [0.5, 0.6) is 0 Å². The van der Waals surface area contributed by atoms with E-state index >= 15 is 0 Å². The number of hydrogen-bond acceptors (Lipinski definition) is 2. The molecule has 16 heavy (non-hydrogen) atoms. The third-order valence-corrected chi connectivity index (χ3v) is 3.53. The Morgan fingerprint density at radius 1 is 1.31 bits per heavy atom. The molecule has 0 saturated carbocycles. The molecule has 5 heteroatoms. The summed E-state index contributed by atoms with van der Waals surface area (Å²) in [6, 6.07) is 5.98. The first-order valence-electron chi connectivity index (χ1n) is 4.57. The van der Waals surface area contributed by atoms with Crippen LogP contribution in [0.15, 0.2) is 34.1 Å². The molecule has 0 radical (unpaired) electrons. The number of hydrogen-bond donors (Lipinski definition) is 1. The molecule has 2 rings (SSSR count). The molecule has 0 bridgehead atoms. The topological polar surface area (TPSA) is 12.0 Å². The maximum Gasteiger partial charge on any atom is 0.150 e. The SMILES string of the molecule is Fc1cc(F)c(NCc2cccs2)c(Br)c1. The van der Waals surface area contributed by atoms with Gasteiger partial charge in [0.05, 0.1) is 5.69 Å². The minimum Gasteiger partial charge on any atom is -0.377 e. The molecule has 0 fully saturated rings. The minimum atomic E-state index is -0.594. The Balaban J connectivity index is 2.15. The molecule has 0 amide bonds. The molecule has 1 heterocycles. The second kappa shape index (κ2) is 4.93. The Labute approximate surface area is 104 Å². The summed E-state index contributed by atoms with van der Waals surface area (Å²) in [5.74, 6) is -1.19. The standard InChI is InChI=1S/C11H8BrF2NS/c12-9-4-7(13)5-10(14)11(9)15-6-8-2-1-3-16-8/h1-5,15H,6H2. The highest BCUT2D eigenvalue weighted by Crippen LogP contribution is 2.27. The molecule has 1 aromatic carbocycles. The number of rotatable bonds is 3. The molecule has 0 aliphatic heterocycles. The van der Waals surface area contributed by atoms with Gasteiger partial charge in [0.25, 0.3) is 0 Å². The Hall–Kier alpha value is -0.940. The highest BCUT2D eigenvalue weighted by molar-refractivity contribution is 9.10. The van der Waals surface area contributed by atoms with Gasteiger partial charge in [-0.05, 0) is 33.4 Å². The van der Waals surface area contributed by atoms with Crippen molar-refractivity contribution < 1.29 is 8.78 Å². The maximum atomic E-state index is 13.4. The largest absolute Gasteiger partial charge is 0.377 e. The lowest BCUT2D eigenvalue weighted by atomic mass is 10.3. The van der Waals surface area contributed by atoms with E-state index in [0.29, 0.717) is 11.0 Å². The van der Waals surface area contributed by atoms with E-state index in [9.17, 15) is 8.78 Å². The van der Waals surface area contributed by atoms with Crippen LogP contribution in [0, 0.1) is 11.6 Å². The average Bonchev–Trinajstić information content (AvgIpc) is 2.68. The van der Waals surface area contributed by atoms with Gasteiger partial charge in [-0.2, -0.15) is 0 Å². The van der Waals surface area contributed by atoms with Crippen LogP contribution in [0.25, 0.3) is 0 Å². The first-order chi connectivity index (χ1) is 7.66. The normalized spacial score (nSPS) is 10.4. The fourth-order valence-corrected chi connectivity index (χ4v) is 2.49. The Morgan fingerprint density at radius 3 is 2.75 bits per heavy atom. The van der Waals surface area contributed by atoms with Gasteiger partial charge in [-0.15, -0.1) is 11.3 Å². The first kappa shape index (κ1) is 11.5. The summed E-state index contributed by atoms with van der Waals surface area (Å²) in [5, 5.41) is 4.88. The summed E-state index contributed by atoms with van der Waals surface area (Å²) in [7, 11) is 0. The van der Waals surface area contributed by atoms with Gasteiger partial charge in [0.1, 0.15) is 11.6 Å². The van der Waals surface area contributed by atoms with Crippen LogP contribution < -0.4 is 5.32 Å². The zero-order valence-corrected chi connectivity index (χ0v) is 10.5. The fourth-order valence-electron chi connectivity index (χ4n) is 1.30. The third-order valence-electron chi connectivity index (χ3n) is 2.03. The molecule has 0 aliphatic carbocycles. The lowest BCUT2D eigenvalue weighted by Gasteiger charge is -2.08. The van der Waals surface area contributed by atoms with Crippen molar-refractivity contribution in [3.8, 4) is 0 Å². The van der Waals surface area contributed by atoms with Crippen molar-refractivity contribution in [2.45, 2.75) is 6.54 Å². The number of halogens is 3. The lowest BCUT2D eigenvalue weighted by Crippen LogP contribution is -2.01. The van der Waals surface area contributed by atoms with Crippen molar-refractivity contribution in [2.75, 3.05) is 5.32 Å². The maximum absolute atomic E-state index is 13.4. The van der Waals surface area contributed by atoms with Crippen LogP contribution in [-0.2, 0) is 6.54 Å². The van der Waals surface area contributed by atoms with Crippen LogP contribution in [0.1, 0.15) is 4.88 Å². The zero-order chi connectivity index (χ0) is 11.5. The smallest absolute Gasteiger partial charge is 0.150 e. The van der Waals surface area contributed by atoms with E-state index in [1.54, 1.807) is 11.3 Å². The van der Waals surface area contributed by atoms with Crippen molar-refractivity contribution in [1.82, 2.24) is 0 Å². The molecule has 84 valence electrons. The summed E-state index contributed by atoms with van der Waals surface area (Å²) >= 11 is 4.71. The Kier molecular flexibility index (Phi) is 3.56. The second-order valence-electron chi connectivity index (χ2n) is 3.18. The summed E-state index contributed by atoms with van der Waals surface area (Å²) < 4.78 is 26.6. The van der Waals surface area contributed by atoms with Gasteiger partial charge in [0.2, 0.25) is 0 Å². The van der Waals surface area contributed by atoms with Gasteiger partial charge in [-0.25, -0.2) is 8.78 Å². The van der Waals surface area contributed by atoms with Crippen LogP contribution >= 0.6 is 27.3 Å². The quantitative estimate of drug-likeness (QED) is 0.886. The van der Waals surface area contributed by atoms with Crippen molar-refractivity contribution >= 4 is 33.0 Å². The molecule has 0 spiro atoms. The van der Waals surface area contributed by atoms with E-state index in [-0.39, 0.29) is 5.69 Å². The van der Waals surface area contributed by atoms with Crippen molar-refractivity contribution in [1.29, 1.82) is 0 Å². The van der Waals surface area contributed by atoms with Gasteiger partial charge < -0.3 is 5.32 Å². The van der Waals surface area contributed by atoms with Crippen LogP contribution in [0.4, 0.5) is 14.5 Å². The Morgan fingerprint density at radius 2 is 2.12 bits per heavy atom. The van der Waals surface area contributed by atoms with Gasteiger partial charge in [0.15, 0.2) is 0 Å². The third kappa shape index (κ3) is 2.59. The van der Waals surface area contributed by atoms with E-state index < -0.39 is 11.6 Å². The highest BCUT2D eigenvalue weighted by Gasteiger charge is 2.09. The molecule has 0 atom stereocenters. The highest BCUT2D eigenvalue weighted by atomic mass is 79.9. The summed E-state index contributed by atoms with van der Waals surface area (Å²) in [6.45, 7) is 0.527. The number of thiophene rings is 1. The minimum absolute atomic E-state index is 0.287. The van der Waals surface area contributed by atoms with Crippen LogP contribution in [0.3, 0.4) is 0 Å². The number of benzene rings is 1. The first-order valence-corrected chi connectivity index (χ1v) is 6.25. The summed E-state index contributed by atoms with van der Waals surface area (Å²) in [5.41, 5.74) is 0.287. The molecular weight excluding hydrogens is 296 g/mol. The molecule has 0 unspecified atom stereocenters. The molecule has 0 aliphatic rings. The van der Waals surface area contributed by atoms with Gasteiger partial charge in [-0.1, -0.05) is 6.07 Å². The molecule has 1 N–H and O–H groups in total. The average molecular weight is 304 g/mol.